The van der Waals surface area contributed by atoms with E-state index in [0.717, 1.165) is 33.3 Å². The van der Waals surface area contributed by atoms with E-state index in [1.54, 1.807) is 0 Å². The minimum Gasteiger partial charge on any atom is -0.456 e. The molecule has 0 aliphatic rings. The zero-order chi connectivity index (χ0) is 37.5. The Balaban J connectivity index is 1.15. The normalized spacial score (nSPS) is 11.9. The van der Waals surface area contributed by atoms with Gasteiger partial charge in [0.05, 0.1) is 27.5 Å². The highest BCUT2D eigenvalue weighted by Crippen LogP contribution is 2.45. The smallest absolute Gasteiger partial charge is 0.137 e. The van der Waals surface area contributed by atoms with E-state index in [9.17, 15) is 0 Å². The molecule has 57 heavy (non-hydrogen) atoms. The highest BCUT2D eigenvalue weighted by molar-refractivity contribution is 6.25. The van der Waals surface area contributed by atoms with E-state index in [2.05, 4.69) is 209 Å². The molecule has 0 spiro atoms. The highest BCUT2D eigenvalue weighted by Gasteiger charge is 2.22. The number of furan rings is 1. The van der Waals surface area contributed by atoms with E-state index >= 15 is 0 Å². The molecule has 3 aromatic heterocycles. The first kappa shape index (κ1) is 31.7. The first-order chi connectivity index (χ1) is 28.3. The van der Waals surface area contributed by atoms with Gasteiger partial charge in [0.15, 0.2) is 0 Å². The fraction of sp³-hybridized carbons (Fsp3) is 0. The predicted octanol–water partition coefficient (Wildman–Crippen LogP) is 14.8. The van der Waals surface area contributed by atoms with Crippen molar-refractivity contribution in [3.05, 3.63) is 206 Å². The standard InChI is InChI=1S/C54H34N2O/c1-5-15-35(16-6-1)39-33-44(36-17-7-2-8-18-36)53-47(34-39)46-32-38(26-29-49(46)55(53)40-19-9-3-10-20-40)37-25-28-48-45(31-37)42-27-30-51-52(43-23-13-14-24-50(43)57-51)54(42)56(48)41-21-11-4-12-22-41/h1-34H. The third kappa shape index (κ3) is 4.86. The molecular weight excluding hydrogens is 693 g/mol. The third-order valence-corrected chi connectivity index (χ3v) is 11.7. The minimum atomic E-state index is 0.897. The van der Waals surface area contributed by atoms with Crippen molar-refractivity contribution in [3.8, 4) is 44.8 Å². The molecule has 266 valence electrons. The Bertz CT molecular complexity index is 3480. The largest absolute Gasteiger partial charge is 0.456 e. The van der Waals surface area contributed by atoms with Gasteiger partial charge in [0.2, 0.25) is 0 Å². The molecule has 0 saturated carbocycles. The summed E-state index contributed by atoms with van der Waals surface area (Å²) in [6.45, 7) is 0. The van der Waals surface area contributed by atoms with Crippen molar-refractivity contribution in [2.24, 2.45) is 0 Å². The van der Waals surface area contributed by atoms with E-state index in [0.29, 0.717) is 0 Å². The second kappa shape index (κ2) is 12.5. The number of rotatable bonds is 5. The second-order valence-electron chi connectivity index (χ2n) is 14.9. The van der Waals surface area contributed by atoms with E-state index < -0.39 is 0 Å². The van der Waals surface area contributed by atoms with Gasteiger partial charge in [-0.05, 0) is 107 Å². The lowest BCUT2D eigenvalue weighted by Crippen LogP contribution is -1.95. The molecule has 9 aromatic carbocycles. The first-order valence-corrected chi connectivity index (χ1v) is 19.5. The van der Waals surface area contributed by atoms with Crippen LogP contribution in [-0.4, -0.2) is 9.13 Å². The lowest BCUT2D eigenvalue weighted by Gasteiger charge is -2.13. The van der Waals surface area contributed by atoms with Crippen molar-refractivity contribution in [2.75, 3.05) is 0 Å². The van der Waals surface area contributed by atoms with Crippen LogP contribution in [0, 0.1) is 0 Å². The van der Waals surface area contributed by atoms with E-state index in [1.165, 1.54) is 77.0 Å². The summed E-state index contributed by atoms with van der Waals surface area (Å²) in [4.78, 5) is 0. The zero-order valence-electron chi connectivity index (χ0n) is 30.9. The van der Waals surface area contributed by atoms with Crippen molar-refractivity contribution in [1.29, 1.82) is 0 Å². The van der Waals surface area contributed by atoms with Gasteiger partial charge in [-0.1, -0.05) is 127 Å². The number of hydrogen-bond donors (Lipinski definition) is 0. The monoisotopic (exact) mass is 726 g/mol. The quantitative estimate of drug-likeness (QED) is 0.173. The van der Waals surface area contributed by atoms with Crippen LogP contribution in [0.2, 0.25) is 0 Å². The van der Waals surface area contributed by atoms with Crippen LogP contribution >= 0.6 is 0 Å². The molecule has 0 atom stereocenters. The lowest BCUT2D eigenvalue weighted by molar-refractivity contribution is 0.669. The maximum absolute atomic E-state index is 6.41. The average molecular weight is 727 g/mol. The van der Waals surface area contributed by atoms with E-state index in [4.69, 9.17) is 4.42 Å². The molecule has 0 amide bonds. The van der Waals surface area contributed by atoms with Gasteiger partial charge in [0, 0.05) is 43.9 Å². The Hall–Kier alpha value is -7.62. The molecule has 0 aliphatic heterocycles. The minimum absolute atomic E-state index is 0.897. The Morgan fingerprint density at radius 2 is 0.825 bits per heavy atom. The van der Waals surface area contributed by atoms with Crippen LogP contribution in [-0.2, 0) is 0 Å². The number of nitrogens with zero attached hydrogens (tertiary/aromatic N) is 2. The van der Waals surface area contributed by atoms with Crippen molar-refractivity contribution in [3.63, 3.8) is 0 Å². The molecule has 12 aromatic rings. The third-order valence-electron chi connectivity index (χ3n) is 11.7. The number of fused-ring (bicyclic) bond motifs is 10. The molecule has 0 saturated heterocycles. The Morgan fingerprint density at radius 1 is 0.298 bits per heavy atom. The summed E-state index contributed by atoms with van der Waals surface area (Å²) in [5.41, 5.74) is 15.9. The predicted molar refractivity (Wildman–Crippen MR) is 239 cm³/mol. The van der Waals surface area contributed by atoms with Crippen LogP contribution in [0.5, 0.6) is 0 Å². The molecule has 0 bridgehead atoms. The maximum atomic E-state index is 6.41. The van der Waals surface area contributed by atoms with Crippen molar-refractivity contribution in [2.45, 2.75) is 0 Å². The molecule has 0 radical (unpaired) electrons. The number of aromatic nitrogens is 2. The SMILES string of the molecule is c1ccc(-c2cc(-c3ccccc3)c3c(c2)c2cc(-c4ccc5c(c4)c4ccc6oc7ccccc7c6c4n5-c4ccccc4)ccc2n3-c2ccccc2)cc1. The summed E-state index contributed by atoms with van der Waals surface area (Å²) < 4.78 is 11.3. The molecular formula is C54H34N2O. The van der Waals surface area contributed by atoms with Gasteiger partial charge >= 0.3 is 0 Å². The highest BCUT2D eigenvalue weighted by atomic mass is 16.3. The van der Waals surface area contributed by atoms with Crippen LogP contribution < -0.4 is 0 Å². The fourth-order valence-electron chi connectivity index (χ4n) is 9.15. The molecule has 0 unspecified atom stereocenters. The van der Waals surface area contributed by atoms with E-state index in [-0.39, 0.29) is 0 Å². The summed E-state index contributed by atoms with van der Waals surface area (Å²) in [5.74, 6) is 0. The van der Waals surface area contributed by atoms with Crippen molar-refractivity contribution in [1.82, 2.24) is 9.13 Å². The zero-order valence-corrected chi connectivity index (χ0v) is 30.9. The number of hydrogen-bond acceptors (Lipinski definition) is 1. The van der Waals surface area contributed by atoms with Gasteiger partial charge in [-0.25, -0.2) is 0 Å². The van der Waals surface area contributed by atoms with Crippen LogP contribution in [0.25, 0.3) is 110 Å². The van der Waals surface area contributed by atoms with Gasteiger partial charge in [0.1, 0.15) is 11.2 Å². The van der Waals surface area contributed by atoms with Gasteiger partial charge < -0.3 is 13.6 Å². The Kier molecular flexibility index (Phi) is 6.93. The van der Waals surface area contributed by atoms with Crippen LogP contribution in [0.3, 0.4) is 0 Å². The molecule has 3 heterocycles. The maximum Gasteiger partial charge on any atom is 0.137 e. The number of benzene rings is 9. The summed E-state index contributed by atoms with van der Waals surface area (Å²) in [7, 11) is 0. The molecule has 0 fully saturated rings. The average Bonchev–Trinajstić information content (AvgIpc) is 3.94. The van der Waals surface area contributed by atoms with Gasteiger partial charge in [0.25, 0.3) is 0 Å². The lowest BCUT2D eigenvalue weighted by atomic mass is 9.95. The molecule has 0 aliphatic carbocycles. The van der Waals surface area contributed by atoms with Crippen LogP contribution in [0.15, 0.2) is 211 Å². The summed E-state index contributed by atoms with van der Waals surface area (Å²) >= 11 is 0. The Morgan fingerprint density at radius 3 is 1.47 bits per heavy atom. The summed E-state index contributed by atoms with van der Waals surface area (Å²) in [6.07, 6.45) is 0. The molecule has 12 rings (SSSR count). The van der Waals surface area contributed by atoms with Gasteiger partial charge in [-0.15, -0.1) is 0 Å². The van der Waals surface area contributed by atoms with Crippen molar-refractivity contribution >= 4 is 65.6 Å². The summed E-state index contributed by atoms with van der Waals surface area (Å²) in [5, 5.41) is 7.14. The fourth-order valence-corrected chi connectivity index (χ4v) is 9.15. The topological polar surface area (TPSA) is 23.0 Å². The van der Waals surface area contributed by atoms with Gasteiger partial charge in [-0.3, -0.25) is 0 Å². The summed E-state index contributed by atoms with van der Waals surface area (Å²) in [6, 6.07) is 74.5. The van der Waals surface area contributed by atoms with Crippen molar-refractivity contribution < 1.29 is 4.42 Å². The van der Waals surface area contributed by atoms with E-state index in [1.807, 2.05) is 6.07 Å². The molecule has 3 heteroatoms. The number of para-hydroxylation sites is 3. The Labute approximate surface area is 328 Å². The second-order valence-corrected chi connectivity index (χ2v) is 14.9. The van der Waals surface area contributed by atoms with Crippen LogP contribution in [0.1, 0.15) is 0 Å². The molecule has 0 N–H and O–H groups in total. The van der Waals surface area contributed by atoms with Gasteiger partial charge in [-0.2, -0.15) is 0 Å². The van der Waals surface area contributed by atoms with Crippen LogP contribution in [0.4, 0.5) is 0 Å². The first-order valence-electron chi connectivity index (χ1n) is 19.5. The molecule has 3 nitrogen and oxygen atoms in total.